The van der Waals surface area contributed by atoms with Gasteiger partial charge in [0, 0.05) is 65.8 Å². The maximum atomic E-state index is 15.1. The van der Waals surface area contributed by atoms with Gasteiger partial charge < -0.3 is 107 Å². The molecule has 1 aliphatic rings. The number of guanidine groups is 1. The number of aromatic amines is 2. The molecule has 1 fully saturated rings. The highest BCUT2D eigenvalue weighted by Crippen LogP contribution is 2.25. The van der Waals surface area contributed by atoms with E-state index in [0.29, 0.717) is 44.9 Å². The molecule has 25 N–H and O–H groups in total. The molecule has 610 valence electrons. The van der Waals surface area contributed by atoms with Crippen molar-refractivity contribution in [2.75, 3.05) is 37.7 Å². The fraction of sp³-hybridized carbons (Fsp3) is 0.468. The molecule has 1 saturated heterocycles. The van der Waals surface area contributed by atoms with Crippen molar-refractivity contribution in [2.45, 2.75) is 173 Å². The number of thioether (sulfide) groups is 1. The molecule has 0 unspecified atom stereocenters. The first-order valence-electron chi connectivity index (χ1n) is 37.4. The average molecular weight is 1580 g/mol. The average Bonchev–Trinajstić information content (AvgIpc) is 1.77. The molecule has 1 aliphatic heterocycles. The second-order valence-electron chi connectivity index (χ2n) is 29.6. The number of benzene rings is 4. The Morgan fingerprint density at radius 3 is 1.54 bits per heavy atom. The van der Waals surface area contributed by atoms with Gasteiger partial charge in [0.15, 0.2) is 5.96 Å². The first-order valence-corrected chi connectivity index (χ1v) is 38.5. The minimum Gasteiger partial charge on any atom is -0.394 e. The van der Waals surface area contributed by atoms with Crippen molar-refractivity contribution in [1.82, 2.24) is 79.1 Å². The van der Waals surface area contributed by atoms with Gasteiger partial charge in [0.1, 0.15) is 66.5 Å². The topological polar surface area (TPSA) is 575 Å². The molecule has 113 heavy (non-hydrogen) atoms. The lowest BCUT2D eigenvalue weighted by Crippen LogP contribution is -2.62. The van der Waals surface area contributed by atoms with E-state index in [1.54, 1.807) is 115 Å². The van der Waals surface area contributed by atoms with Crippen LogP contribution in [0.25, 0.3) is 32.6 Å². The molecular formula is C77H106N20O15S. The number of carbonyl (C=O) groups excluding carboxylic acids is 14. The number of rotatable bonds is 20. The van der Waals surface area contributed by atoms with E-state index < -0.39 is 198 Å². The first-order chi connectivity index (χ1) is 53.6. The Morgan fingerprint density at radius 2 is 1.00 bits per heavy atom. The minimum atomic E-state index is -1.87. The summed E-state index contributed by atoms with van der Waals surface area (Å²) in [5, 5.41) is 55.1. The SMILES string of the molecule is CC(C)[C@@H]1NC(=O)[C@H](Cc2c[nH]c3ccccc23)NC(=O)[C@H](CCCCN)NC(=O)[C@H](C(C)C)NC(=O)[C@H](Cc2c[nH]c3ccccc23)NC(=O)[C@H](CC(N)=O)NC(=O)[C@H](CCCNC(=N)N)NC(=O)CNC(=O)[C@H](CO)NC(=O)[C@H](C(C)(C)C)NC(=O)[C@@H](Cc2ccc3ccccc3c2)NC(=O)CSC[C@@H](C(N)=O)NC1=O. The van der Waals surface area contributed by atoms with Crippen LogP contribution >= 0.6 is 11.8 Å². The van der Waals surface area contributed by atoms with Crippen molar-refractivity contribution in [3.05, 3.63) is 120 Å². The zero-order valence-corrected chi connectivity index (χ0v) is 65.1. The Labute approximate surface area is 657 Å². The standard InChI is InChI=1S/C77H106N20O15S/c1-40(2)62-73(110)89-52(23-14-15-27-78)68(105)90-54(31-45-34-84-49-21-12-10-19-47(45)49)70(107)96-63(41(3)4)74(111)94-58(65(80)102)38-113-39-61(101)88-53(30-42-25-26-43-17-8-9-18-44(43)29-42)72(109)97-64(77(5,6)7)75(112)93-57(37-98)66(103)86-36-60(100)87-51(24-16-28-83-76(81)82)67(104)92-56(33-59(79)99)69(106)91-55(71(108)95-62)32-46-35-85-50-22-13-11-20-48(46)50/h8-13,17-22,25-26,29,34-35,40-41,51-58,62-64,84-85,98H,14-16,23-24,27-28,30-33,36-39,78H2,1-7H3,(H2,79,99)(H2,80,102)(H,86,103)(H,87,100)(H,88,101)(H,89,110)(H,90,105)(H,91,106)(H,92,104)(H,93,112)(H,94,111)(H,95,108)(H,96,107)(H,97,109)(H4,81,82,83)/t51-,52-,53+,54-,55-,56-,57-,58-,62-,63-,64+/m0/s1. The number of aromatic nitrogens is 2. The molecule has 6 aromatic rings. The van der Waals surface area contributed by atoms with Crippen LogP contribution in [-0.2, 0) is 86.4 Å². The zero-order chi connectivity index (χ0) is 82.8. The van der Waals surface area contributed by atoms with Crippen LogP contribution < -0.4 is 92.1 Å². The van der Waals surface area contributed by atoms with Gasteiger partial charge >= 0.3 is 0 Å². The second-order valence-corrected chi connectivity index (χ2v) is 30.7. The van der Waals surface area contributed by atoms with Crippen molar-refractivity contribution in [3.63, 3.8) is 0 Å². The minimum absolute atomic E-state index is 0.0152. The van der Waals surface area contributed by atoms with Crippen molar-refractivity contribution in [2.24, 2.45) is 40.2 Å². The van der Waals surface area contributed by atoms with Crippen LogP contribution in [0.4, 0.5) is 0 Å². The summed E-state index contributed by atoms with van der Waals surface area (Å²) in [6.45, 7) is 9.46. The fourth-order valence-corrected chi connectivity index (χ4v) is 13.6. The summed E-state index contributed by atoms with van der Waals surface area (Å²) in [5.41, 5.74) is 24.9. The Kier molecular flexibility index (Phi) is 33.0. The van der Waals surface area contributed by atoms with Gasteiger partial charge in [-0.25, -0.2) is 0 Å². The monoisotopic (exact) mass is 1580 g/mol. The van der Waals surface area contributed by atoms with Crippen molar-refractivity contribution >= 4 is 133 Å². The summed E-state index contributed by atoms with van der Waals surface area (Å²) in [6.07, 6.45) is 2.15. The number of nitrogens with one attached hydrogen (secondary N) is 16. The molecule has 11 atom stereocenters. The number of nitrogens with two attached hydrogens (primary N) is 4. The number of fused-ring (bicyclic) bond motifs is 3. The number of H-pyrrole nitrogens is 2. The summed E-state index contributed by atoms with van der Waals surface area (Å²) in [6, 6.07) is 9.97. The summed E-state index contributed by atoms with van der Waals surface area (Å²) < 4.78 is 0. The Balaban J connectivity index is 1.27. The molecule has 0 radical (unpaired) electrons. The van der Waals surface area contributed by atoms with Gasteiger partial charge in [-0.1, -0.05) is 127 Å². The van der Waals surface area contributed by atoms with E-state index in [4.69, 9.17) is 28.3 Å². The lowest BCUT2D eigenvalue weighted by Gasteiger charge is -2.33. The fourth-order valence-electron chi connectivity index (χ4n) is 12.8. The second kappa shape index (κ2) is 42.1. The molecule has 0 spiro atoms. The Hall–Kier alpha value is -11.7. The highest BCUT2D eigenvalue weighted by molar-refractivity contribution is 8.00. The molecule has 2 aromatic heterocycles. The number of unbranched alkanes of at least 4 members (excludes halogenated alkanes) is 1. The first kappa shape index (κ1) is 88.6. The Morgan fingerprint density at radius 1 is 0.522 bits per heavy atom. The van der Waals surface area contributed by atoms with Crippen LogP contribution in [0.1, 0.15) is 104 Å². The number of primary amides is 2. The maximum Gasteiger partial charge on any atom is 0.245 e. The van der Waals surface area contributed by atoms with E-state index in [1.807, 2.05) is 36.4 Å². The zero-order valence-electron chi connectivity index (χ0n) is 64.3. The van der Waals surface area contributed by atoms with Crippen LogP contribution in [0, 0.1) is 22.7 Å². The number of para-hydroxylation sites is 2. The smallest absolute Gasteiger partial charge is 0.245 e. The van der Waals surface area contributed by atoms with Gasteiger partial charge in [0.2, 0.25) is 82.7 Å². The van der Waals surface area contributed by atoms with Gasteiger partial charge in [-0.05, 0) is 95.5 Å². The summed E-state index contributed by atoms with van der Waals surface area (Å²) in [5.74, 6) is -16.1. The number of amides is 14. The van der Waals surface area contributed by atoms with Gasteiger partial charge in [0.25, 0.3) is 0 Å². The molecule has 36 heteroatoms. The van der Waals surface area contributed by atoms with Crippen LogP contribution in [0.15, 0.2) is 103 Å². The van der Waals surface area contributed by atoms with Crippen molar-refractivity contribution in [3.8, 4) is 0 Å². The summed E-state index contributed by atoms with van der Waals surface area (Å²) in [7, 11) is 0. The van der Waals surface area contributed by atoms with Crippen LogP contribution in [0.2, 0.25) is 0 Å². The molecule has 0 saturated carbocycles. The molecule has 4 aromatic carbocycles. The van der Waals surface area contributed by atoms with E-state index in [-0.39, 0.29) is 63.8 Å². The van der Waals surface area contributed by atoms with E-state index in [1.165, 1.54) is 0 Å². The molecular weight excluding hydrogens is 1480 g/mol. The highest BCUT2D eigenvalue weighted by atomic mass is 32.2. The number of hydrogen-bond acceptors (Lipinski definition) is 18. The largest absolute Gasteiger partial charge is 0.394 e. The van der Waals surface area contributed by atoms with E-state index in [9.17, 15) is 57.8 Å². The maximum absolute atomic E-state index is 15.1. The summed E-state index contributed by atoms with van der Waals surface area (Å²) in [4.78, 5) is 207. The van der Waals surface area contributed by atoms with Crippen LogP contribution in [0.3, 0.4) is 0 Å². The molecule has 7 rings (SSSR count). The third-order valence-corrected chi connectivity index (χ3v) is 20.0. The summed E-state index contributed by atoms with van der Waals surface area (Å²) >= 11 is 0.861. The molecule has 14 amide bonds. The van der Waals surface area contributed by atoms with E-state index in [2.05, 4.69) is 79.1 Å². The van der Waals surface area contributed by atoms with Crippen LogP contribution in [-0.4, -0.2) is 208 Å². The van der Waals surface area contributed by atoms with Crippen molar-refractivity contribution < 1.29 is 72.2 Å². The lowest BCUT2D eigenvalue weighted by molar-refractivity contribution is -0.137. The van der Waals surface area contributed by atoms with E-state index in [0.717, 1.165) is 22.5 Å². The quantitative estimate of drug-likeness (QED) is 0.0226. The van der Waals surface area contributed by atoms with Gasteiger partial charge in [-0.2, -0.15) is 0 Å². The Bertz CT molecular complexity index is 4430. The van der Waals surface area contributed by atoms with Crippen molar-refractivity contribution in [1.29, 1.82) is 5.41 Å². The highest BCUT2D eigenvalue weighted by Gasteiger charge is 2.40. The third kappa shape index (κ3) is 26.5. The van der Waals surface area contributed by atoms with Gasteiger partial charge in [-0.15, -0.1) is 11.8 Å². The molecule has 0 aliphatic carbocycles. The predicted molar refractivity (Wildman–Crippen MR) is 425 cm³/mol. The van der Waals surface area contributed by atoms with Gasteiger partial charge in [-0.3, -0.25) is 72.5 Å². The van der Waals surface area contributed by atoms with Crippen LogP contribution in [0.5, 0.6) is 0 Å². The lowest BCUT2D eigenvalue weighted by atomic mass is 9.85. The number of aliphatic hydroxyl groups excluding tert-OH is 1. The number of carbonyl (C=O) groups is 14. The number of hydrogen-bond donors (Lipinski definition) is 21. The predicted octanol–water partition coefficient (Wildman–Crippen LogP) is -1.87. The third-order valence-electron chi connectivity index (χ3n) is 18.9. The van der Waals surface area contributed by atoms with E-state index >= 15 is 14.4 Å². The molecule has 3 heterocycles. The normalized spacial score (nSPS) is 22.9. The molecule has 35 nitrogen and oxygen atoms in total. The number of aliphatic hydroxyl groups is 1. The van der Waals surface area contributed by atoms with Gasteiger partial charge in [0.05, 0.1) is 25.3 Å². The molecule has 0 bridgehead atoms.